The van der Waals surface area contributed by atoms with Gasteiger partial charge in [-0.15, -0.1) is 11.3 Å². The molecule has 0 spiro atoms. The molecule has 0 aliphatic carbocycles. The highest BCUT2D eigenvalue weighted by Crippen LogP contribution is 2.26. The van der Waals surface area contributed by atoms with Gasteiger partial charge in [-0.25, -0.2) is 4.98 Å². The van der Waals surface area contributed by atoms with Gasteiger partial charge in [0.05, 0.1) is 10.7 Å². The first-order chi connectivity index (χ1) is 12.9. The molecule has 0 radical (unpaired) electrons. The van der Waals surface area contributed by atoms with Gasteiger partial charge in [0.15, 0.2) is 0 Å². The minimum absolute atomic E-state index is 0.103. The third-order valence-electron chi connectivity index (χ3n) is 4.83. The predicted octanol–water partition coefficient (Wildman–Crippen LogP) is 3.40. The lowest BCUT2D eigenvalue weighted by molar-refractivity contribution is 0.0748. The Labute approximate surface area is 166 Å². The molecular formula is C20H31N5OS. The molecule has 3 rings (SSSR count). The first-order valence-corrected chi connectivity index (χ1v) is 10.7. The van der Waals surface area contributed by atoms with Crippen molar-refractivity contribution >= 4 is 17.2 Å². The number of aryl methyl sites for hydroxylation is 1. The van der Waals surface area contributed by atoms with E-state index in [1.54, 1.807) is 17.5 Å². The topological polar surface area (TPSA) is 54.3 Å². The van der Waals surface area contributed by atoms with Crippen LogP contribution in [-0.2, 0) is 18.5 Å². The lowest BCUT2D eigenvalue weighted by Crippen LogP contribution is -2.36. The number of hydrogen-bond donors (Lipinski definition) is 0. The van der Waals surface area contributed by atoms with Gasteiger partial charge in [0.2, 0.25) is 0 Å². The van der Waals surface area contributed by atoms with Gasteiger partial charge in [-0.05, 0) is 18.9 Å². The molecule has 0 aromatic carbocycles. The molecule has 1 aliphatic rings. The summed E-state index contributed by atoms with van der Waals surface area (Å²) in [6.07, 6.45) is 3.69. The number of carbonyl (C=O) groups is 1. The van der Waals surface area contributed by atoms with Crippen LogP contribution in [0.15, 0.2) is 17.6 Å². The molecule has 3 heterocycles. The predicted molar refractivity (Wildman–Crippen MR) is 109 cm³/mol. The molecule has 0 atom stereocenters. The van der Waals surface area contributed by atoms with Crippen molar-refractivity contribution in [2.45, 2.75) is 59.0 Å². The van der Waals surface area contributed by atoms with E-state index >= 15 is 0 Å². The minimum atomic E-state index is 0.103. The van der Waals surface area contributed by atoms with Crippen LogP contribution in [0.5, 0.6) is 0 Å². The Kier molecular flexibility index (Phi) is 6.32. The number of aromatic nitrogens is 3. The van der Waals surface area contributed by atoms with Crippen LogP contribution >= 0.6 is 11.3 Å². The number of carbonyl (C=O) groups excluding carboxylic acids is 1. The van der Waals surface area contributed by atoms with E-state index in [1.807, 2.05) is 15.6 Å². The fourth-order valence-corrected chi connectivity index (χ4v) is 4.25. The van der Waals surface area contributed by atoms with Crippen LogP contribution in [0.1, 0.15) is 61.7 Å². The zero-order valence-electron chi connectivity index (χ0n) is 16.9. The number of rotatable bonds is 5. The van der Waals surface area contributed by atoms with Crippen LogP contribution < -0.4 is 0 Å². The average Bonchev–Trinajstić information content (AvgIpc) is 3.20. The first kappa shape index (κ1) is 20.0. The van der Waals surface area contributed by atoms with Crippen LogP contribution in [0.4, 0.5) is 0 Å². The van der Waals surface area contributed by atoms with Gasteiger partial charge in [-0.3, -0.25) is 14.4 Å². The third kappa shape index (κ3) is 4.96. The van der Waals surface area contributed by atoms with Gasteiger partial charge in [0.1, 0.15) is 5.69 Å². The normalized spacial score (nSPS) is 16.5. The molecule has 27 heavy (non-hydrogen) atoms. The molecule has 2 aromatic rings. The molecule has 1 amide bonds. The second-order valence-electron chi connectivity index (χ2n) is 8.26. The second kappa shape index (κ2) is 8.52. The summed E-state index contributed by atoms with van der Waals surface area (Å²) in [6.45, 7) is 13.8. The largest absolute Gasteiger partial charge is 0.336 e. The molecule has 1 aliphatic heterocycles. The average molecular weight is 390 g/mol. The zero-order valence-corrected chi connectivity index (χ0v) is 17.8. The van der Waals surface area contributed by atoms with Crippen LogP contribution in [0.3, 0.4) is 0 Å². The SMILES string of the molecule is CCCn1nccc1C(=O)N1CCCN(Cc2csc(C(C)(C)C)n2)CC1. The Balaban J connectivity index is 1.59. The highest BCUT2D eigenvalue weighted by atomic mass is 32.1. The number of hydrogen-bond acceptors (Lipinski definition) is 5. The number of nitrogens with zero attached hydrogens (tertiary/aromatic N) is 5. The fourth-order valence-electron chi connectivity index (χ4n) is 3.35. The van der Waals surface area contributed by atoms with Crippen molar-refractivity contribution in [3.8, 4) is 0 Å². The molecular weight excluding hydrogens is 358 g/mol. The summed E-state index contributed by atoms with van der Waals surface area (Å²) >= 11 is 1.75. The molecule has 7 heteroatoms. The van der Waals surface area contributed by atoms with Gasteiger partial charge in [0, 0.05) is 56.3 Å². The quantitative estimate of drug-likeness (QED) is 0.786. The Morgan fingerprint density at radius 1 is 1.22 bits per heavy atom. The van der Waals surface area contributed by atoms with Crippen molar-refractivity contribution in [2.75, 3.05) is 26.2 Å². The van der Waals surface area contributed by atoms with E-state index in [0.717, 1.165) is 57.8 Å². The summed E-state index contributed by atoms with van der Waals surface area (Å²) in [6, 6.07) is 1.84. The summed E-state index contributed by atoms with van der Waals surface area (Å²) in [5.74, 6) is 0.103. The van der Waals surface area contributed by atoms with E-state index in [2.05, 4.69) is 43.1 Å². The van der Waals surface area contributed by atoms with Gasteiger partial charge >= 0.3 is 0 Å². The second-order valence-corrected chi connectivity index (χ2v) is 9.11. The maximum atomic E-state index is 12.9. The van der Waals surface area contributed by atoms with Gasteiger partial charge in [-0.1, -0.05) is 27.7 Å². The third-order valence-corrected chi connectivity index (χ3v) is 6.14. The molecule has 0 bridgehead atoms. The Bertz CT molecular complexity index is 761. The van der Waals surface area contributed by atoms with Gasteiger partial charge < -0.3 is 4.90 Å². The lowest BCUT2D eigenvalue weighted by Gasteiger charge is -2.22. The van der Waals surface area contributed by atoms with Crippen LogP contribution in [0.25, 0.3) is 0 Å². The minimum Gasteiger partial charge on any atom is -0.336 e. The molecule has 1 saturated heterocycles. The van der Waals surface area contributed by atoms with E-state index in [4.69, 9.17) is 4.98 Å². The van der Waals surface area contributed by atoms with E-state index in [0.29, 0.717) is 5.69 Å². The molecule has 0 unspecified atom stereocenters. The Morgan fingerprint density at radius 2 is 2.04 bits per heavy atom. The molecule has 1 fully saturated rings. The Hall–Kier alpha value is -1.73. The maximum Gasteiger partial charge on any atom is 0.272 e. The standard InChI is InChI=1S/C20H31N5OS/c1-5-9-25-17(7-8-21-25)18(26)24-11-6-10-23(12-13-24)14-16-15-27-19(22-16)20(2,3)4/h7-8,15H,5-6,9-14H2,1-4H3. The zero-order chi connectivity index (χ0) is 19.4. The lowest BCUT2D eigenvalue weighted by atomic mass is 9.98. The molecule has 0 saturated carbocycles. The summed E-state index contributed by atoms with van der Waals surface area (Å²) in [7, 11) is 0. The smallest absolute Gasteiger partial charge is 0.272 e. The number of amides is 1. The van der Waals surface area contributed by atoms with Gasteiger partial charge in [0.25, 0.3) is 5.91 Å². The molecule has 148 valence electrons. The molecule has 2 aromatic heterocycles. The van der Waals surface area contributed by atoms with E-state index in [1.165, 1.54) is 5.01 Å². The van der Waals surface area contributed by atoms with Crippen molar-refractivity contribution in [1.29, 1.82) is 0 Å². The fraction of sp³-hybridized carbons (Fsp3) is 0.650. The van der Waals surface area contributed by atoms with Crippen molar-refractivity contribution < 1.29 is 4.79 Å². The van der Waals surface area contributed by atoms with Crippen molar-refractivity contribution in [3.63, 3.8) is 0 Å². The highest BCUT2D eigenvalue weighted by Gasteiger charge is 2.24. The molecule has 0 N–H and O–H groups in total. The van der Waals surface area contributed by atoms with E-state index < -0.39 is 0 Å². The summed E-state index contributed by atoms with van der Waals surface area (Å²) in [5, 5.41) is 7.66. The van der Waals surface area contributed by atoms with E-state index in [-0.39, 0.29) is 11.3 Å². The Morgan fingerprint density at radius 3 is 2.74 bits per heavy atom. The summed E-state index contributed by atoms with van der Waals surface area (Å²) in [4.78, 5) is 22.1. The summed E-state index contributed by atoms with van der Waals surface area (Å²) in [5.41, 5.74) is 1.96. The monoisotopic (exact) mass is 389 g/mol. The van der Waals surface area contributed by atoms with Gasteiger partial charge in [-0.2, -0.15) is 5.10 Å². The van der Waals surface area contributed by atoms with Crippen LogP contribution in [-0.4, -0.2) is 56.7 Å². The van der Waals surface area contributed by atoms with Crippen molar-refractivity contribution in [3.05, 3.63) is 34.0 Å². The van der Waals surface area contributed by atoms with Crippen LogP contribution in [0.2, 0.25) is 0 Å². The van der Waals surface area contributed by atoms with Crippen LogP contribution in [0, 0.1) is 0 Å². The highest BCUT2D eigenvalue weighted by molar-refractivity contribution is 7.09. The molecule has 6 nitrogen and oxygen atoms in total. The maximum absolute atomic E-state index is 12.9. The first-order valence-electron chi connectivity index (χ1n) is 9.87. The van der Waals surface area contributed by atoms with Crippen molar-refractivity contribution in [2.24, 2.45) is 0 Å². The van der Waals surface area contributed by atoms with E-state index in [9.17, 15) is 4.79 Å². The summed E-state index contributed by atoms with van der Waals surface area (Å²) < 4.78 is 1.83. The number of thiazole rings is 1. The van der Waals surface area contributed by atoms with Crippen molar-refractivity contribution in [1.82, 2.24) is 24.6 Å².